The van der Waals surface area contributed by atoms with E-state index >= 15 is 0 Å². The number of hydrogen-bond acceptors (Lipinski definition) is 3. The van der Waals surface area contributed by atoms with E-state index in [0.29, 0.717) is 29.8 Å². The lowest BCUT2D eigenvalue weighted by atomic mass is 10.1. The van der Waals surface area contributed by atoms with Crippen LogP contribution in [0.4, 0.5) is 11.6 Å². The molecule has 0 aliphatic carbocycles. The maximum Gasteiger partial charge on any atom is 0.177 e. The van der Waals surface area contributed by atoms with Crippen molar-refractivity contribution >= 4 is 40.6 Å². The first-order chi connectivity index (χ1) is 14.5. The van der Waals surface area contributed by atoms with Gasteiger partial charge in [0.25, 0.3) is 0 Å². The van der Waals surface area contributed by atoms with Gasteiger partial charge in [-0.15, -0.1) is 0 Å². The van der Waals surface area contributed by atoms with Crippen LogP contribution in [0.15, 0.2) is 73.1 Å². The largest absolute Gasteiger partial charge is 0.316 e. The molecule has 0 amide bonds. The monoisotopic (exact) mass is 436 g/mol. The van der Waals surface area contributed by atoms with Gasteiger partial charge < -0.3 is 10.6 Å². The number of anilines is 2. The minimum Gasteiger partial charge on any atom is -0.316 e. The van der Waals surface area contributed by atoms with Crippen LogP contribution < -0.4 is 10.6 Å². The lowest BCUT2D eigenvalue weighted by Gasteiger charge is -2.06. The molecule has 152 valence electrons. The molecule has 0 saturated heterocycles. The number of halogens is 1. The molecule has 0 unspecified atom stereocenters. The quantitative estimate of drug-likeness (QED) is 0.419. The van der Waals surface area contributed by atoms with Crippen molar-refractivity contribution in [3.8, 4) is 0 Å². The summed E-state index contributed by atoms with van der Waals surface area (Å²) in [4.78, 5) is 0. The average Bonchev–Trinajstić information content (AvgIpc) is 3.35. The van der Waals surface area contributed by atoms with Gasteiger partial charge in [-0.3, -0.25) is 9.36 Å². The summed E-state index contributed by atoms with van der Waals surface area (Å²) >= 11 is 11.3. The lowest BCUT2D eigenvalue weighted by molar-refractivity contribution is 0.689. The van der Waals surface area contributed by atoms with Gasteiger partial charge in [0.15, 0.2) is 16.7 Å². The van der Waals surface area contributed by atoms with Crippen molar-refractivity contribution in [1.82, 2.24) is 19.6 Å². The first-order valence-electron chi connectivity index (χ1n) is 9.48. The number of nitrogens with one attached hydrogen (secondary N) is 2. The Kier molecular flexibility index (Phi) is 6.11. The molecule has 0 aliphatic rings. The summed E-state index contributed by atoms with van der Waals surface area (Å²) in [6, 6.07) is 19.9. The van der Waals surface area contributed by atoms with Crippen LogP contribution in [0.25, 0.3) is 0 Å². The third kappa shape index (κ3) is 5.46. The molecule has 8 heteroatoms. The molecule has 0 radical (unpaired) electrons. The summed E-state index contributed by atoms with van der Waals surface area (Å²) in [5.74, 6) is 1.35. The Morgan fingerprint density at radius 2 is 1.27 bits per heavy atom. The second-order valence-electron chi connectivity index (χ2n) is 6.99. The van der Waals surface area contributed by atoms with Crippen LogP contribution in [0.5, 0.6) is 0 Å². The molecule has 0 atom stereocenters. The zero-order valence-electron chi connectivity index (χ0n) is 16.4. The zero-order chi connectivity index (χ0) is 20.9. The topological polar surface area (TPSA) is 59.7 Å². The molecule has 2 heterocycles. The number of benzene rings is 2. The fourth-order valence-corrected chi connectivity index (χ4v) is 3.29. The Bertz CT molecular complexity index is 1040. The van der Waals surface area contributed by atoms with Crippen LogP contribution >= 0.6 is 23.8 Å². The Labute approximate surface area is 185 Å². The highest BCUT2D eigenvalue weighted by molar-refractivity contribution is 7.80. The Balaban J connectivity index is 1.30. The predicted octanol–water partition coefficient (Wildman–Crippen LogP) is 4.95. The van der Waals surface area contributed by atoms with E-state index in [4.69, 9.17) is 23.8 Å². The summed E-state index contributed by atoms with van der Waals surface area (Å²) in [5.41, 5.74) is 3.56. The van der Waals surface area contributed by atoms with Gasteiger partial charge in [-0.25, -0.2) is 0 Å². The Hall–Kier alpha value is -3.16. The third-order valence-corrected chi connectivity index (χ3v) is 4.94. The fourth-order valence-electron chi connectivity index (χ4n) is 2.95. The fraction of sp³-hybridized carbons (Fsp3) is 0.136. The number of thiocarbonyl (C=S) groups is 1. The molecular weight excluding hydrogens is 416 g/mol. The third-order valence-electron chi connectivity index (χ3n) is 4.49. The molecule has 0 bridgehead atoms. The first kappa shape index (κ1) is 20.1. The number of aryl methyl sites for hydroxylation is 1. The maximum atomic E-state index is 5.93. The number of rotatable bonds is 6. The van der Waals surface area contributed by atoms with E-state index in [0.717, 1.165) is 10.6 Å². The van der Waals surface area contributed by atoms with Gasteiger partial charge >= 0.3 is 0 Å². The Morgan fingerprint density at radius 1 is 0.800 bits per heavy atom. The molecule has 0 aliphatic heterocycles. The molecular formula is C22H21ClN6S. The molecule has 0 spiro atoms. The molecule has 4 rings (SSSR count). The first-order valence-corrected chi connectivity index (χ1v) is 10.3. The minimum atomic E-state index is 0.437. The van der Waals surface area contributed by atoms with E-state index in [1.807, 2.05) is 58.2 Å². The van der Waals surface area contributed by atoms with Crippen LogP contribution in [0.2, 0.25) is 5.02 Å². The van der Waals surface area contributed by atoms with E-state index in [1.54, 1.807) is 0 Å². The average molecular weight is 437 g/mol. The molecule has 6 nitrogen and oxygen atoms in total. The van der Waals surface area contributed by atoms with Crippen molar-refractivity contribution < 1.29 is 0 Å². The lowest BCUT2D eigenvalue weighted by Crippen LogP contribution is -2.20. The number of aromatic nitrogens is 4. The van der Waals surface area contributed by atoms with E-state index in [-0.39, 0.29) is 0 Å². The molecule has 0 fully saturated rings. The van der Waals surface area contributed by atoms with Gasteiger partial charge in [0.2, 0.25) is 0 Å². The summed E-state index contributed by atoms with van der Waals surface area (Å²) < 4.78 is 3.71. The number of nitrogens with zero attached hydrogens (tertiary/aromatic N) is 4. The summed E-state index contributed by atoms with van der Waals surface area (Å²) in [6.45, 7) is 3.44. The van der Waals surface area contributed by atoms with Crippen molar-refractivity contribution in [2.24, 2.45) is 0 Å². The molecule has 2 N–H and O–H groups in total. The predicted molar refractivity (Wildman–Crippen MR) is 125 cm³/mol. The SMILES string of the molecule is Cc1ccc(Cn2ccc(NC(=S)Nc3ccn(Cc4ccc(Cl)cc4)n3)n2)cc1. The van der Waals surface area contributed by atoms with Crippen LogP contribution in [-0.2, 0) is 13.1 Å². The van der Waals surface area contributed by atoms with Crippen LogP contribution in [0.3, 0.4) is 0 Å². The molecule has 0 saturated carbocycles. The minimum absolute atomic E-state index is 0.437. The van der Waals surface area contributed by atoms with Crippen molar-refractivity contribution in [3.63, 3.8) is 0 Å². The van der Waals surface area contributed by atoms with Crippen molar-refractivity contribution in [1.29, 1.82) is 0 Å². The maximum absolute atomic E-state index is 5.93. The summed E-state index contributed by atoms with van der Waals surface area (Å²) in [6.07, 6.45) is 3.82. The smallest absolute Gasteiger partial charge is 0.177 e. The van der Waals surface area contributed by atoms with Crippen molar-refractivity contribution in [2.75, 3.05) is 10.6 Å². The van der Waals surface area contributed by atoms with E-state index in [9.17, 15) is 0 Å². The van der Waals surface area contributed by atoms with Crippen LogP contribution in [-0.4, -0.2) is 24.7 Å². The molecule has 2 aromatic heterocycles. The highest BCUT2D eigenvalue weighted by Crippen LogP contribution is 2.12. The molecule has 30 heavy (non-hydrogen) atoms. The highest BCUT2D eigenvalue weighted by Gasteiger charge is 2.06. The second kappa shape index (κ2) is 9.11. The van der Waals surface area contributed by atoms with Gasteiger partial charge in [0.1, 0.15) is 0 Å². The Morgan fingerprint density at radius 3 is 1.77 bits per heavy atom. The normalized spacial score (nSPS) is 10.7. The zero-order valence-corrected chi connectivity index (χ0v) is 18.0. The van der Waals surface area contributed by atoms with Gasteiger partial charge in [-0.1, -0.05) is 53.6 Å². The second-order valence-corrected chi connectivity index (χ2v) is 7.83. The molecule has 2 aromatic carbocycles. The van der Waals surface area contributed by atoms with E-state index in [1.165, 1.54) is 11.1 Å². The number of hydrogen-bond donors (Lipinski definition) is 2. The van der Waals surface area contributed by atoms with Gasteiger partial charge in [0, 0.05) is 29.5 Å². The van der Waals surface area contributed by atoms with Crippen LogP contribution in [0.1, 0.15) is 16.7 Å². The van der Waals surface area contributed by atoms with Crippen LogP contribution in [0, 0.1) is 6.92 Å². The highest BCUT2D eigenvalue weighted by atomic mass is 35.5. The summed E-state index contributed by atoms with van der Waals surface area (Å²) in [7, 11) is 0. The van der Waals surface area contributed by atoms with Gasteiger partial charge in [0.05, 0.1) is 13.1 Å². The van der Waals surface area contributed by atoms with E-state index in [2.05, 4.69) is 52.0 Å². The van der Waals surface area contributed by atoms with Gasteiger partial charge in [-0.05, 0) is 42.4 Å². The van der Waals surface area contributed by atoms with Gasteiger partial charge in [-0.2, -0.15) is 10.2 Å². The van der Waals surface area contributed by atoms with Crippen molar-refractivity contribution in [2.45, 2.75) is 20.0 Å². The van der Waals surface area contributed by atoms with E-state index < -0.39 is 0 Å². The standard InChI is InChI=1S/C22H21ClN6S/c1-16-2-4-17(5-3-16)14-28-12-10-20(26-28)24-22(30)25-21-11-13-29(27-21)15-18-6-8-19(23)9-7-18/h2-13H,14-15H2,1H3,(H2,24,25,26,27,30). The molecule has 4 aromatic rings. The summed E-state index contributed by atoms with van der Waals surface area (Å²) in [5, 5.41) is 16.4. The van der Waals surface area contributed by atoms with Crippen molar-refractivity contribution in [3.05, 3.63) is 94.8 Å².